The fourth-order valence-electron chi connectivity index (χ4n) is 1.79. The van der Waals surface area contributed by atoms with Crippen molar-refractivity contribution in [2.24, 2.45) is 0 Å². The van der Waals surface area contributed by atoms with Crippen molar-refractivity contribution in [3.8, 4) is 0 Å². The Bertz CT molecular complexity index is 703. The van der Waals surface area contributed by atoms with Gasteiger partial charge in [0.2, 0.25) is 0 Å². The van der Waals surface area contributed by atoms with Crippen molar-refractivity contribution in [1.29, 1.82) is 0 Å². The molecule has 19 heavy (non-hydrogen) atoms. The smallest absolute Gasteiger partial charge is 0.253 e. The van der Waals surface area contributed by atoms with Gasteiger partial charge in [-0.25, -0.2) is 8.42 Å². The second-order valence-corrected chi connectivity index (χ2v) is 6.30. The lowest BCUT2D eigenvalue weighted by molar-refractivity contribution is 0.283. The van der Waals surface area contributed by atoms with E-state index in [-0.39, 0.29) is 4.90 Å². The highest BCUT2D eigenvalue weighted by atomic mass is 35.5. The maximum absolute atomic E-state index is 12.2. The van der Waals surface area contributed by atoms with E-state index in [1.165, 1.54) is 12.1 Å². The summed E-state index contributed by atoms with van der Waals surface area (Å²) in [5, 5.41) is 0.546. The molecule has 1 heterocycles. The highest BCUT2D eigenvalue weighted by Crippen LogP contribution is 2.42. The number of hydroxylamine groups is 1. The first-order chi connectivity index (χ1) is 9.09. The van der Waals surface area contributed by atoms with Crippen LogP contribution in [-0.4, -0.2) is 12.9 Å². The van der Waals surface area contributed by atoms with E-state index >= 15 is 0 Å². The molecule has 0 spiro atoms. The minimum atomic E-state index is -3.61. The first kappa shape index (κ1) is 12.6. The number of nitrogens with zero attached hydrogens (tertiary/aromatic N) is 1. The van der Waals surface area contributed by atoms with Crippen molar-refractivity contribution in [2.45, 2.75) is 11.1 Å². The number of halogens is 1. The SMILES string of the molecule is O=S(=O)(c1ccccc1)N1OC1c1cccc(Cl)c1. The van der Waals surface area contributed by atoms with Crippen LogP contribution in [0.4, 0.5) is 0 Å². The molecule has 2 unspecified atom stereocenters. The molecule has 3 rings (SSSR count). The van der Waals surface area contributed by atoms with E-state index in [2.05, 4.69) is 0 Å². The predicted molar refractivity (Wildman–Crippen MR) is 70.7 cm³/mol. The molecule has 0 amide bonds. The van der Waals surface area contributed by atoms with Crippen molar-refractivity contribution >= 4 is 21.6 Å². The van der Waals surface area contributed by atoms with Gasteiger partial charge in [0.05, 0.1) is 4.90 Å². The molecule has 4 nitrogen and oxygen atoms in total. The topological polar surface area (TPSA) is 49.7 Å². The number of benzene rings is 2. The standard InChI is InChI=1S/C13H10ClNO3S/c14-11-6-4-5-10(9-11)13-15(18-13)19(16,17)12-7-2-1-3-8-12/h1-9,13H. The fourth-order valence-corrected chi connectivity index (χ4v) is 3.27. The molecule has 2 aromatic carbocycles. The summed E-state index contributed by atoms with van der Waals surface area (Å²) in [5.41, 5.74) is 0.715. The van der Waals surface area contributed by atoms with Crippen molar-refractivity contribution in [2.75, 3.05) is 0 Å². The molecule has 98 valence electrons. The molecule has 0 saturated carbocycles. The molecule has 2 atom stereocenters. The summed E-state index contributed by atoms with van der Waals surface area (Å²) >= 11 is 5.87. The van der Waals surface area contributed by atoms with Crippen LogP contribution in [0.25, 0.3) is 0 Å². The number of sulfonamides is 1. The van der Waals surface area contributed by atoms with Gasteiger partial charge in [-0.3, -0.25) is 4.84 Å². The van der Waals surface area contributed by atoms with Crippen LogP contribution >= 0.6 is 11.6 Å². The molecule has 1 saturated heterocycles. The molecule has 0 N–H and O–H groups in total. The minimum absolute atomic E-state index is 0.208. The molecule has 2 aromatic rings. The molecule has 0 bridgehead atoms. The highest BCUT2D eigenvalue weighted by Gasteiger charge is 2.48. The molecular formula is C13H10ClNO3S. The summed E-state index contributed by atoms with van der Waals surface area (Å²) in [6.45, 7) is 0. The third-order valence-electron chi connectivity index (χ3n) is 2.76. The molecule has 1 fully saturated rings. The van der Waals surface area contributed by atoms with Crippen LogP contribution in [-0.2, 0) is 14.9 Å². The van der Waals surface area contributed by atoms with Crippen molar-refractivity contribution in [3.05, 3.63) is 65.2 Å². The summed E-state index contributed by atoms with van der Waals surface area (Å²) in [6, 6.07) is 15.1. The largest absolute Gasteiger partial charge is 0.267 e. The van der Waals surface area contributed by atoms with E-state index < -0.39 is 16.3 Å². The Morgan fingerprint density at radius 3 is 2.47 bits per heavy atom. The Morgan fingerprint density at radius 1 is 1.05 bits per heavy atom. The van der Waals surface area contributed by atoms with Crippen LogP contribution in [0.1, 0.15) is 11.8 Å². The normalized spacial score (nSPS) is 22.2. The van der Waals surface area contributed by atoms with Crippen LogP contribution in [0.5, 0.6) is 0 Å². The lowest BCUT2D eigenvalue weighted by Gasteiger charge is -2.02. The number of rotatable bonds is 3. The zero-order chi connectivity index (χ0) is 13.5. The number of hydrogen-bond acceptors (Lipinski definition) is 3. The fraction of sp³-hybridized carbons (Fsp3) is 0.0769. The van der Waals surface area contributed by atoms with Gasteiger partial charge in [-0.05, 0) is 28.7 Å². The minimum Gasteiger partial charge on any atom is -0.253 e. The molecule has 0 aromatic heterocycles. The van der Waals surface area contributed by atoms with Crippen molar-refractivity contribution in [3.63, 3.8) is 0 Å². The van der Waals surface area contributed by atoms with E-state index in [1.54, 1.807) is 42.5 Å². The van der Waals surface area contributed by atoms with Gasteiger partial charge in [0, 0.05) is 10.6 Å². The predicted octanol–water partition coefficient (Wildman–Crippen LogP) is 2.97. The summed E-state index contributed by atoms with van der Waals surface area (Å²) in [7, 11) is -3.61. The van der Waals surface area contributed by atoms with Gasteiger partial charge < -0.3 is 0 Å². The van der Waals surface area contributed by atoms with E-state index in [4.69, 9.17) is 16.4 Å². The van der Waals surface area contributed by atoms with Gasteiger partial charge in [0.25, 0.3) is 10.0 Å². The lowest BCUT2D eigenvalue weighted by atomic mass is 10.2. The average Bonchev–Trinajstić information content (AvgIpc) is 3.21. The van der Waals surface area contributed by atoms with Crippen molar-refractivity contribution in [1.82, 2.24) is 4.47 Å². The summed E-state index contributed by atoms with van der Waals surface area (Å²) in [6.07, 6.45) is -0.594. The Morgan fingerprint density at radius 2 is 1.79 bits per heavy atom. The second kappa shape index (κ2) is 4.61. The van der Waals surface area contributed by atoms with Gasteiger partial charge in [0.1, 0.15) is 0 Å². The van der Waals surface area contributed by atoms with Gasteiger partial charge in [-0.2, -0.15) is 0 Å². The van der Waals surface area contributed by atoms with E-state index in [1.807, 2.05) is 0 Å². The van der Waals surface area contributed by atoms with Crippen molar-refractivity contribution < 1.29 is 13.3 Å². The van der Waals surface area contributed by atoms with Crippen LogP contribution in [0.2, 0.25) is 5.02 Å². The third kappa shape index (κ3) is 2.37. The molecule has 1 aliphatic rings. The summed E-state index contributed by atoms with van der Waals surface area (Å²) in [5.74, 6) is 0. The second-order valence-electron chi connectivity index (χ2n) is 4.09. The molecule has 0 radical (unpaired) electrons. The van der Waals surface area contributed by atoms with E-state index in [9.17, 15) is 8.42 Å². The Labute approximate surface area is 116 Å². The zero-order valence-electron chi connectivity index (χ0n) is 9.73. The maximum atomic E-state index is 12.2. The molecule has 6 heteroatoms. The Kier molecular flexibility index (Phi) is 3.06. The third-order valence-corrected chi connectivity index (χ3v) is 4.62. The molecular weight excluding hydrogens is 286 g/mol. The van der Waals surface area contributed by atoms with Gasteiger partial charge in [-0.15, -0.1) is 0 Å². The summed E-state index contributed by atoms with van der Waals surface area (Å²) in [4.78, 5) is 5.37. The van der Waals surface area contributed by atoms with Crippen LogP contribution < -0.4 is 0 Å². The monoisotopic (exact) mass is 295 g/mol. The molecule has 1 aliphatic heterocycles. The van der Waals surface area contributed by atoms with Gasteiger partial charge in [0.15, 0.2) is 6.23 Å². The highest BCUT2D eigenvalue weighted by molar-refractivity contribution is 7.89. The van der Waals surface area contributed by atoms with Crippen LogP contribution in [0.15, 0.2) is 59.5 Å². The average molecular weight is 296 g/mol. The Hall–Kier alpha value is -1.40. The quantitative estimate of drug-likeness (QED) is 0.818. The van der Waals surface area contributed by atoms with Gasteiger partial charge in [-0.1, -0.05) is 41.9 Å². The van der Waals surface area contributed by atoms with Crippen LogP contribution in [0, 0.1) is 0 Å². The first-order valence-electron chi connectivity index (χ1n) is 5.61. The van der Waals surface area contributed by atoms with Crippen LogP contribution in [0.3, 0.4) is 0 Å². The van der Waals surface area contributed by atoms with Gasteiger partial charge >= 0.3 is 0 Å². The zero-order valence-corrected chi connectivity index (χ0v) is 11.3. The van der Waals surface area contributed by atoms with E-state index in [0.717, 1.165) is 4.47 Å². The summed E-state index contributed by atoms with van der Waals surface area (Å²) < 4.78 is 25.4. The molecule has 0 aliphatic carbocycles. The maximum Gasteiger partial charge on any atom is 0.267 e. The lowest BCUT2D eigenvalue weighted by Crippen LogP contribution is -2.12. The number of hydrogen-bond donors (Lipinski definition) is 0. The Balaban J connectivity index is 1.87. The van der Waals surface area contributed by atoms with E-state index in [0.29, 0.717) is 10.6 Å². The first-order valence-corrected chi connectivity index (χ1v) is 7.42.